The number of aromatic nitrogens is 2. The Bertz CT molecular complexity index is 550. The highest BCUT2D eigenvalue weighted by Crippen LogP contribution is 2.58. The molecular formula is C16H24N4O. The lowest BCUT2D eigenvalue weighted by Crippen LogP contribution is -2.30. The van der Waals surface area contributed by atoms with E-state index in [1.807, 2.05) is 17.9 Å². The Balaban J connectivity index is 1.29. The van der Waals surface area contributed by atoms with E-state index in [2.05, 4.69) is 21.5 Å². The number of nitrogens with zero attached hydrogens (tertiary/aromatic N) is 3. The van der Waals surface area contributed by atoms with Crippen LogP contribution in [0.3, 0.4) is 0 Å². The molecule has 0 radical (unpaired) electrons. The molecule has 4 rings (SSSR count). The van der Waals surface area contributed by atoms with Crippen molar-refractivity contribution in [2.75, 3.05) is 19.6 Å². The molecule has 1 aromatic rings. The monoisotopic (exact) mass is 288 g/mol. The third-order valence-corrected chi connectivity index (χ3v) is 5.40. The zero-order valence-electron chi connectivity index (χ0n) is 12.7. The van der Waals surface area contributed by atoms with Crippen molar-refractivity contribution in [2.24, 2.45) is 24.3 Å². The van der Waals surface area contributed by atoms with Crippen LogP contribution in [0.2, 0.25) is 0 Å². The Morgan fingerprint density at radius 2 is 2.38 bits per heavy atom. The SMILES string of the molecule is Cn1cc(CN2CCC3(CC3C(=O)NCC3CC3)C2)cn1. The van der Waals surface area contributed by atoms with Crippen molar-refractivity contribution in [2.45, 2.75) is 32.2 Å². The van der Waals surface area contributed by atoms with Gasteiger partial charge in [-0.1, -0.05) is 0 Å². The summed E-state index contributed by atoms with van der Waals surface area (Å²) in [6, 6.07) is 0. The molecule has 2 unspecified atom stereocenters. The van der Waals surface area contributed by atoms with Crippen LogP contribution in [-0.2, 0) is 18.4 Å². The molecule has 1 aliphatic heterocycles. The van der Waals surface area contributed by atoms with E-state index in [0.717, 1.165) is 38.5 Å². The number of likely N-dealkylation sites (tertiary alicyclic amines) is 1. The normalized spacial score (nSPS) is 31.8. The fraction of sp³-hybridized carbons (Fsp3) is 0.750. The molecular weight excluding hydrogens is 264 g/mol. The zero-order chi connectivity index (χ0) is 14.4. The highest BCUT2D eigenvalue weighted by Gasteiger charge is 2.60. The maximum atomic E-state index is 12.2. The fourth-order valence-corrected chi connectivity index (χ4v) is 3.79. The van der Waals surface area contributed by atoms with Crippen LogP contribution in [0.1, 0.15) is 31.2 Å². The molecule has 21 heavy (non-hydrogen) atoms. The molecule has 0 aromatic carbocycles. The number of carbonyl (C=O) groups is 1. The summed E-state index contributed by atoms with van der Waals surface area (Å²) < 4.78 is 1.85. The number of hydrogen-bond acceptors (Lipinski definition) is 3. The van der Waals surface area contributed by atoms with E-state index in [9.17, 15) is 4.79 Å². The number of nitrogens with one attached hydrogen (secondary N) is 1. The Morgan fingerprint density at radius 1 is 1.52 bits per heavy atom. The van der Waals surface area contributed by atoms with E-state index < -0.39 is 0 Å². The Labute approximate surface area is 125 Å². The molecule has 1 saturated heterocycles. The molecule has 1 spiro atoms. The van der Waals surface area contributed by atoms with Crippen molar-refractivity contribution < 1.29 is 4.79 Å². The maximum absolute atomic E-state index is 12.2. The number of aryl methyl sites for hydroxylation is 1. The van der Waals surface area contributed by atoms with Crippen LogP contribution in [0.15, 0.2) is 12.4 Å². The molecule has 2 heterocycles. The summed E-state index contributed by atoms with van der Waals surface area (Å²) in [5.74, 6) is 1.36. The summed E-state index contributed by atoms with van der Waals surface area (Å²) in [4.78, 5) is 14.7. The minimum Gasteiger partial charge on any atom is -0.356 e. The Hall–Kier alpha value is -1.36. The van der Waals surface area contributed by atoms with Crippen molar-refractivity contribution in [3.8, 4) is 0 Å². The third-order valence-electron chi connectivity index (χ3n) is 5.40. The van der Waals surface area contributed by atoms with E-state index in [4.69, 9.17) is 0 Å². The molecule has 5 heteroatoms. The first kappa shape index (κ1) is 13.3. The fourth-order valence-electron chi connectivity index (χ4n) is 3.79. The third kappa shape index (κ3) is 2.71. The topological polar surface area (TPSA) is 50.2 Å². The molecule has 114 valence electrons. The maximum Gasteiger partial charge on any atom is 0.223 e. The highest BCUT2D eigenvalue weighted by atomic mass is 16.2. The second kappa shape index (κ2) is 4.83. The van der Waals surface area contributed by atoms with Crippen LogP contribution in [0.4, 0.5) is 0 Å². The van der Waals surface area contributed by atoms with Gasteiger partial charge in [0.05, 0.1) is 6.20 Å². The number of carbonyl (C=O) groups excluding carboxylic acids is 1. The molecule has 3 fully saturated rings. The molecule has 2 atom stereocenters. The van der Waals surface area contributed by atoms with Crippen LogP contribution in [0.5, 0.6) is 0 Å². The van der Waals surface area contributed by atoms with Crippen LogP contribution in [0.25, 0.3) is 0 Å². The number of rotatable bonds is 5. The number of amides is 1. The first-order valence-electron chi connectivity index (χ1n) is 8.12. The summed E-state index contributed by atoms with van der Waals surface area (Å²) in [6.07, 6.45) is 8.89. The number of hydrogen-bond donors (Lipinski definition) is 1. The van der Waals surface area contributed by atoms with Crippen LogP contribution in [0, 0.1) is 17.3 Å². The summed E-state index contributed by atoms with van der Waals surface area (Å²) in [5, 5.41) is 7.38. The summed E-state index contributed by atoms with van der Waals surface area (Å²) in [7, 11) is 1.95. The van der Waals surface area contributed by atoms with E-state index >= 15 is 0 Å². The van der Waals surface area contributed by atoms with Gasteiger partial charge in [-0.2, -0.15) is 5.10 Å². The largest absolute Gasteiger partial charge is 0.356 e. The van der Waals surface area contributed by atoms with Crippen LogP contribution in [-0.4, -0.2) is 40.2 Å². The van der Waals surface area contributed by atoms with Gasteiger partial charge in [-0.15, -0.1) is 0 Å². The summed E-state index contributed by atoms with van der Waals surface area (Å²) in [5.41, 5.74) is 1.56. The summed E-state index contributed by atoms with van der Waals surface area (Å²) in [6.45, 7) is 4.06. The molecule has 2 aliphatic carbocycles. The first-order chi connectivity index (χ1) is 10.1. The highest BCUT2D eigenvalue weighted by molar-refractivity contribution is 5.82. The van der Waals surface area contributed by atoms with Crippen molar-refractivity contribution in [1.82, 2.24) is 20.0 Å². The smallest absolute Gasteiger partial charge is 0.223 e. The van der Waals surface area contributed by atoms with Crippen LogP contribution >= 0.6 is 0 Å². The zero-order valence-corrected chi connectivity index (χ0v) is 12.7. The minimum absolute atomic E-state index is 0.273. The molecule has 1 aromatic heterocycles. The second-order valence-corrected chi connectivity index (χ2v) is 7.29. The average molecular weight is 288 g/mol. The second-order valence-electron chi connectivity index (χ2n) is 7.29. The van der Waals surface area contributed by atoms with Gasteiger partial charge in [-0.05, 0) is 43.6 Å². The van der Waals surface area contributed by atoms with Gasteiger partial charge in [0.1, 0.15) is 0 Å². The lowest BCUT2D eigenvalue weighted by atomic mass is 10.0. The molecule has 0 bridgehead atoms. The lowest BCUT2D eigenvalue weighted by Gasteiger charge is -2.15. The van der Waals surface area contributed by atoms with Gasteiger partial charge in [0.15, 0.2) is 0 Å². The van der Waals surface area contributed by atoms with E-state index in [1.165, 1.54) is 24.8 Å². The first-order valence-corrected chi connectivity index (χ1v) is 8.12. The van der Waals surface area contributed by atoms with Gasteiger partial charge in [-0.25, -0.2) is 0 Å². The standard InChI is InChI=1S/C16H24N4O/c1-19-9-13(8-18-19)10-20-5-4-16(11-20)6-14(16)15(21)17-7-12-2-3-12/h8-9,12,14H,2-7,10-11H2,1H3,(H,17,21). The predicted molar refractivity (Wildman–Crippen MR) is 79.4 cm³/mol. The minimum atomic E-state index is 0.273. The van der Waals surface area contributed by atoms with Crippen molar-refractivity contribution in [3.63, 3.8) is 0 Å². The van der Waals surface area contributed by atoms with Gasteiger partial charge in [0.2, 0.25) is 5.91 Å². The molecule has 5 nitrogen and oxygen atoms in total. The van der Waals surface area contributed by atoms with Crippen LogP contribution < -0.4 is 5.32 Å². The van der Waals surface area contributed by atoms with E-state index in [1.54, 1.807) is 0 Å². The van der Waals surface area contributed by atoms with Gasteiger partial charge in [0, 0.05) is 44.4 Å². The predicted octanol–water partition coefficient (Wildman–Crippen LogP) is 1.16. The van der Waals surface area contributed by atoms with Gasteiger partial charge in [0.25, 0.3) is 0 Å². The van der Waals surface area contributed by atoms with Gasteiger partial charge >= 0.3 is 0 Å². The lowest BCUT2D eigenvalue weighted by molar-refractivity contribution is -0.123. The van der Waals surface area contributed by atoms with Crippen molar-refractivity contribution in [3.05, 3.63) is 18.0 Å². The molecule has 2 saturated carbocycles. The average Bonchev–Trinajstić information content (AvgIpc) is 3.32. The van der Waals surface area contributed by atoms with Crippen molar-refractivity contribution >= 4 is 5.91 Å². The van der Waals surface area contributed by atoms with Gasteiger partial charge < -0.3 is 5.32 Å². The van der Waals surface area contributed by atoms with Crippen molar-refractivity contribution in [1.29, 1.82) is 0 Å². The van der Waals surface area contributed by atoms with E-state index in [-0.39, 0.29) is 11.3 Å². The molecule has 3 aliphatic rings. The molecule has 1 N–H and O–H groups in total. The Kier molecular flexibility index (Phi) is 3.06. The van der Waals surface area contributed by atoms with Gasteiger partial charge in [-0.3, -0.25) is 14.4 Å². The van der Waals surface area contributed by atoms with E-state index in [0.29, 0.717) is 5.91 Å². The quantitative estimate of drug-likeness (QED) is 0.884. The summed E-state index contributed by atoms with van der Waals surface area (Å²) >= 11 is 0. The molecule has 1 amide bonds. The Morgan fingerprint density at radius 3 is 3.10 bits per heavy atom.